The number of carbonyl (C=O) groups is 2. The maximum absolute atomic E-state index is 13.3. The molecule has 21 heavy (non-hydrogen) atoms. The number of halogens is 1. The van der Waals surface area contributed by atoms with Crippen LogP contribution in [0.2, 0.25) is 0 Å². The van der Waals surface area contributed by atoms with Crippen LogP contribution in [0.4, 0.5) is 4.39 Å². The minimum atomic E-state index is -1.74. The first-order chi connectivity index (χ1) is 9.83. The molecule has 2 atom stereocenters. The Morgan fingerprint density at radius 1 is 1.33 bits per heavy atom. The van der Waals surface area contributed by atoms with E-state index >= 15 is 0 Å². The second-order valence-electron chi connectivity index (χ2n) is 4.40. The maximum atomic E-state index is 13.3. The van der Waals surface area contributed by atoms with Gasteiger partial charge in [0.15, 0.2) is 0 Å². The van der Waals surface area contributed by atoms with Gasteiger partial charge in [0.2, 0.25) is 5.91 Å². The van der Waals surface area contributed by atoms with Gasteiger partial charge in [-0.3, -0.25) is 9.00 Å². The predicted octanol–water partition coefficient (Wildman–Crippen LogP) is 1.89. The number of hydrogen-bond donors (Lipinski definition) is 1. The fourth-order valence-corrected chi connectivity index (χ4v) is 3.06. The van der Waals surface area contributed by atoms with Crippen molar-refractivity contribution in [3.05, 3.63) is 29.6 Å². The molecule has 0 aromatic heterocycles. The lowest BCUT2D eigenvalue weighted by Gasteiger charge is -2.22. The summed E-state index contributed by atoms with van der Waals surface area (Å²) in [7, 11) is -1.74. The summed E-state index contributed by atoms with van der Waals surface area (Å²) in [6.45, 7) is 6.15. The van der Waals surface area contributed by atoms with E-state index in [2.05, 4.69) is 0 Å². The summed E-state index contributed by atoms with van der Waals surface area (Å²) in [5.41, 5.74) is -0.552. The lowest BCUT2D eigenvalue weighted by molar-refractivity contribution is -0.129. The number of hydrogen-bond acceptors (Lipinski definition) is 3. The zero-order valence-corrected chi connectivity index (χ0v) is 12.9. The zero-order chi connectivity index (χ0) is 16.2. The van der Waals surface area contributed by atoms with Crippen LogP contribution < -0.4 is 0 Å². The van der Waals surface area contributed by atoms with Crippen LogP contribution in [0.15, 0.2) is 23.1 Å². The fourth-order valence-electron chi connectivity index (χ4n) is 1.88. The summed E-state index contributed by atoms with van der Waals surface area (Å²) in [6, 6.07) is 3.20. The van der Waals surface area contributed by atoms with E-state index in [-0.39, 0.29) is 10.8 Å². The summed E-state index contributed by atoms with van der Waals surface area (Å²) in [5, 5.41) is 8.05. The van der Waals surface area contributed by atoms with E-state index in [4.69, 9.17) is 5.11 Å². The fraction of sp³-hybridized carbons (Fsp3) is 0.429. The van der Waals surface area contributed by atoms with E-state index in [0.717, 1.165) is 12.1 Å². The number of carbonyl (C=O) groups excluding carboxylic acids is 1. The number of aromatic carboxylic acids is 1. The van der Waals surface area contributed by atoms with E-state index in [1.165, 1.54) is 13.0 Å². The summed E-state index contributed by atoms with van der Waals surface area (Å²) < 4.78 is 25.7. The highest BCUT2D eigenvalue weighted by Crippen LogP contribution is 2.17. The van der Waals surface area contributed by atoms with Crippen LogP contribution in [0.3, 0.4) is 0 Å². The molecule has 1 amide bonds. The van der Waals surface area contributed by atoms with Crippen molar-refractivity contribution in [2.24, 2.45) is 0 Å². The van der Waals surface area contributed by atoms with Gasteiger partial charge in [-0.15, -0.1) is 0 Å². The highest BCUT2D eigenvalue weighted by molar-refractivity contribution is 7.86. The van der Waals surface area contributed by atoms with E-state index in [1.54, 1.807) is 4.90 Å². The molecule has 5 nitrogen and oxygen atoms in total. The van der Waals surface area contributed by atoms with Crippen LogP contribution in [0.1, 0.15) is 31.1 Å². The van der Waals surface area contributed by atoms with Crippen LogP contribution in [-0.4, -0.2) is 44.4 Å². The molecule has 0 bridgehead atoms. The first-order valence-electron chi connectivity index (χ1n) is 6.55. The van der Waals surface area contributed by atoms with Crippen LogP contribution in [0.5, 0.6) is 0 Å². The van der Waals surface area contributed by atoms with Crippen molar-refractivity contribution in [3.63, 3.8) is 0 Å². The smallest absolute Gasteiger partial charge is 0.338 e. The SMILES string of the molecule is CCN(CC)C(=O)C(C)S(=O)c1ccc(F)c(C(=O)O)c1. The lowest BCUT2D eigenvalue weighted by atomic mass is 10.2. The molecule has 0 fully saturated rings. The molecule has 0 aliphatic carbocycles. The van der Waals surface area contributed by atoms with Gasteiger partial charge in [0.05, 0.1) is 16.4 Å². The Morgan fingerprint density at radius 3 is 2.38 bits per heavy atom. The monoisotopic (exact) mass is 315 g/mol. The summed E-state index contributed by atoms with van der Waals surface area (Å²) >= 11 is 0. The Hall–Kier alpha value is -1.76. The maximum Gasteiger partial charge on any atom is 0.338 e. The van der Waals surface area contributed by atoms with Gasteiger partial charge in [0.25, 0.3) is 0 Å². The number of carboxylic acids is 1. The molecule has 2 unspecified atom stereocenters. The molecular weight excluding hydrogens is 297 g/mol. The van der Waals surface area contributed by atoms with E-state index in [0.29, 0.717) is 13.1 Å². The van der Waals surface area contributed by atoms with E-state index in [9.17, 15) is 18.2 Å². The molecule has 0 saturated heterocycles. The molecule has 116 valence electrons. The molecular formula is C14H18FNO4S. The van der Waals surface area contributed by atoms with Crippen molar-refractivity contribution in [1.29, 1.82) is 0 Å². The van der Waals surface area contributed by atoms with Gasteiger partial charge < -0.3 is 10.0 Å². The number of amides is 1. The van der Waals surface area contributed by atoms with Crippen LogP contribution >= 0.6 is 0 Å². The van der Waals surface area contributed by atoms with Gasteiger partial charge in [0.1, 0.15) is 11.1 Å². The second kappa shape index (κ2) is 7.31. The van der Waals surface area contributed by atoms with Gasteiger partial charge in [-0.1, -0.05) is 0 Å². The number of rotatable bonds is 6. The molecule has 0 spiro atoms. The number of nitrogens with zero attached hydrogens (tertiary/aromatic N) is 1. The molecule has 1 rings (SSSR count). The Kier molecular flexibility index (Phi) is 6.02. The van der Waals surface area contributed by atoms with Gasteiger partial charge >= 0.3 is 5.97 Å². The summed E-state index contributed by atoms with van der Waals surface area (Å²) in [5.74, 6) is -2.61. The standard InChI is InChI=1S/C14H18FNO4S/c1-4-16(5-2)13(17)9(3)21(20)10-6-7-12(15)11(8-10)14(18)19/h6-9H,4-5H2,1-3H3,(H,18,19). The topological polar surface area (TPSA) is 74.7 Å². The lowest BCUT2D eigenvalue weighted by Crippen LogP contribution is -2.39. The van der Waals surface area contributed by atoms with Crippen molar-refractivity contribution >= 4 is 22.7 Å². The van der Waals surface area contributed by atoms with E-state index in [1.807, 2.05) is 13.8 Å². The highest BCUT2D eigenvalue weighted by atomic mass is 32.2. The Morgan fingerprint density at radius 2 is 1.90 bits per heavy atom. The van der Waals surface area contributed by atoms with Crippen molar-refractivity contribution in [2.45, 2.75) is 30.9 Å². The molecule has 1 N–H and O–H groups in total. The van der Waals surface area contributed by atoms with Gasteiger partial charge in [-0.05, 0) is 39.0 Å². The van der Waals surface area contributed by atoms with Crippen LogP contribution in [0.25, 0.3) is 0 Å². The molecule has 0 heterocycles. The molecule has 0 aliphatic heterocycles. The molecule has 7 heteroatoms. The Labute approximate surface area is 125 Å². The van der Waals surface area contributed by atoms with Crippen molar-refractivity contribution < 1.29 is 23.3 Å². The third-order valence-electron chi connectivity index (χ3n) is 3.14. The average Bonchev–Trinajstić information content (AvgIpc) is 2.47. The molecule has 1 aromatic carbocycles. The number of carboxylic acid groups (broad SMARTS) is 1. The van der Waals surface area contributed by atoms with Crippen LogP contribution in [0, 0.1) is 5.82 Å². The van der Waals surface area contributed by atoms with E-state index < -0.39 is 33.4 Å². The normalized spacial score (nSPS) is 13.5. The summed E-state index contributed by atoms with van der Waals surface area (Å²) in [4.78, 5) is 24.7. The van der Waals surface area contributed by atoms with Crippen molar-refractivity contribution in [2.75, 3.05) is 13.1 Å². The Balaban J connectivity index is 3.06. The largest absolute Gasteiger partial charge is 0.478 e. The highest BCUT2D eigenvalue weighted by Gasteiger charge is 2.26. The third-order valence-corrected chi connectivity index (χ3v) is 4.71. The quantitative estimate of drug-likeness (QED) is 0.870. The molecule has 0 saturated carbocycles. The Bertz CT molecular complexity index is 572. The summed E-state index contributed by atoms with van der Waals surface area (Å²) in [6.07, 6.45) is 0. The second-order valence-corrected chi connectivity index (χ2v) is 6.17. The first-order valence-corrected chi connectivity index (χ1v) is 7.76. The van der Waals surface area contributed by atoms with Gasteiger partial charge in [-0.2, -0.15) is 0 Å². The van der Waals surface area contributed by atoms with Crippen LogP contribution in [-0.2, 0) is 15.6 Å². The first kappa shape index (κ1) is 17.3. The molecule has 0 aliphatic rings. The third kappa shape index (κ3) is 3.87. The number of benzene rings is 1. The molecule has 0 radical (unpaired) electrons. The van der Waals surface area contributed by atoms with Crippen molar-refractivity contribution in [3.8, 4) is 0 Å². The zero-order valence-electron chi connectivity index (χ0n) is 12.1. The minimum absolute atomic E-state index is 0.127. The predicted molar refractivity (Wildman–Crippen MR) is 77.2 cm³/mol. The minimum Gasteiger partial charge on any atom is -0.478 e. The van der Waals surface area contributed by atoms with Crippen molar-refractivity contribution in [1.82, 2.24) is 4.90 Å². The average molecular weight is 315 g/mol. The van der Waals surface area contributed by atoms with Gasteiger partial charge in [0, 0.05) is 18.0 Å². The van der Waals surface area contributed by atoms with Gasteiger partial charge in [-0.25, -0.2) is 9.18 Å². The molecule has 1 aromatic rings.